The molecule has 0 bridgehead atoms. The number of hydrogen-bond acceptors (Lipinski definition) is 4. The fraction of sp³-hybridized carbons (Fsp3) is 0. The Kier molecular flexibility index (Phi) is 8.12. The second kappa shape index (κ2) is 13.8. The maximum absolute atomic E-state index is 7.07. The van der Waals surface area contributed by atoms with Gasteiger partial charge >= 0.3 is 0 Å². The third kappa shape index (κ3) is 6.16. The van der Waals surface area contributed by atoms with Gasteiger partial charge in [-0.3, -0.25) is 0 Å². The Balaban J connectivity index is 1.18. The third-order valence-electron chi connectivity index (χ3n) is 10.2. The first-order chi connectivity index (χ1) is 27.2. The Morgan fingerprint density at radius 3 is 1.62 bits per heavy atom. The van der Waals surface area contributed by atoms with Crippen LogP contribution in [0.5, 0.6) is 11.5 Å². The number of rotatable bonds is 4. The highest BCUT2D eigenvalue weighted by atomic mass is 16.5. The van der Waals surface area contributed by atoms with E-state index in [1.165, 1.54) is 0 Å². The van der Waals surface area contributed by atoms with E-state index in [1.54, 1.807) is 0 Å². The van der Waals surface area contributed by atoms with Crippen LogP contribution in [0.3, 0.4) is 0 Å². The number of nitrogens with zero attached hydrogens (tertiary/aromatic N) is 3. The van der Waals surface area contributed by atoms with Gasteiger partial charge in [0.1, 0.15) is 11.5 Å². The quantitative estimate of drug-likeness (QED) is 0.183. The molecule has 1 aliphatic rings. The van der Waals surface area contributed by atoms with Gasteiger partial charge in [0.2, 0.25) is 0 Å². The van der Waals surface area contributed by atoms with Crippen LogP contribution in [0.1, 0.15) is 11.1 Å². The Morgan fingerprint density at radius 2 is 0.855 bits per heavy atom. The molecule has 1 aromatic heterocycles. The highest BCUT2D eigenvalue weighted by Crippen LogP contribution is 2.45. The average Bonchev–Trinajstić information content (AvgIpc) is 3.28. The summed E-state index contributed by atoms with van der Waals surface area (Å²) < 4.78 is 7.07. The zero-order chi connectivity index (χ0) is 36.6. The summed E-state index contributed by atoms with van der Waals surface area (Å²) in [6, 6.07) is 64.9. The number of ether oxygens (including phenoxy) is 1. The summed E-state index contributed by atoms with van der Waals surface area (Å²) in [4.78, 5) is 15.2. The molecule has 4 heteroatoms. The van der Waals surface area contributed by atoms with E-state index in [-0.39, 0.29) is 0 Å². The second-order valence-electron chi connectivity index (χ2n) is 13.6. The van der Waals surface area contributed by atoms with Gasteiger partial charge in [-0.1, -0.05) is 182 Å². The molecule has 4 nitrogen and oxygen atoms in total. The van der Waals surface area contributed by atoms with E-state index in [2.05, 4.69) is 158 Å². The summed E-state index contributed by atoms with van der Waals surface area (Å²) >= 11 is 0. The first-order valence-corrected chi connectivity index (χ1v) is 18.4. The molecule has 0 saturated carbocycles. The summed E-state index contributed by atoms with van der Waals surface area (Å²) in [5.74, 6) is 3.43. The molecular formula is C51H33N3O. The molecule has 0 spiro atoms. The minimum absolute atomic E-state index is 0.594. The van der Waals surface area contributed by atoms with Gasteiger partial charge in [-0.2, -0.15) is 0 Å². The first-order valence-electron chi connectivity index (χ1n) is 18.4. The number of aromatic nitrogens is 3. The van der Waals surface area contributed by atoms with Gasteiger partial charge in [0.15, 0.2) is 17.5 Å². The Hall–Kier alpha value is -7.43. The van der Waals surface area contributed by atoms with Crippen molar-refractivity contribution in [1.82, 2.24) is 15.0 Å². The van der Waals surface area contributed by atoms with Gasteiger partial charge in [-0.15, -0.1) is 0 Å². The highest BCUT2D eigenvalue weighted by Gasteiger charge is 2.20. The van der Waals surface area contributed by atoms with Crippen molar-refractivity contribution in [3.63, 3.8) is 0 Å². The molecule has 0 amide bonds. The average molecular weight is 704 g/mol. The summed E-state index contributed by atoms with van der Waals surface area (Å²) in [5.41, 5.74) is 11.3. The van der Waals surface area contributed by atoms with E-state index in [0.29, 0.717) is 17.5 Å². The second-order valence-corrected chi connectivity index (χ2v) is 13.6. The summed E-state index contributed by atoms with van der Waals surface area (Å²) in [5, 5.41) is 2.14. The van der Waals surface area contributed by atoms with Gasteiger partial charge in [0, 0.05) is 33.2 Å². The van der Waals surface area contributed by atoms with Crippen molar-refractivity contribution in [3.8, 4) is 79.0 Å². The van der Waals surface area contributed by atoms with Crippen LogP contribution in [-0.4, -0.2) is 15.0 Å². The van der Waals surface area contributed by atoms with Gasteiger partial charge in [-0.25, -0.2) is 15.0 Å². The lowest BCUT2D eigenvalue weighted by molar-refractivity contribution is 0.492. The first kappa shape index (κ1) is 32.2. The zero-order valence-corrected chi connectivity index (χ0v) is 29.8. The molecule has 55 heavy (non-hydrogen) atoms. The van der Waals surface area contributed by atoms with Crippen molar-refractivity contribution in [2.75, 3.05) is 0 Å². The van der Waals surface area contributed by atoms with Crippen LogP contribution in [0.4, 0.5) is 0 Å². The predicted molar refractivity (Wildman–Crippen MR) is 225 cm³/mol. The van der Waals surface area contributed by atoms with Crippen LogP contribution < -0.4 is 4.74 Å². The standard InChI is InChI=1S/C51H33N3O/c1-3-13-34(14-4-1)35-23-28-40(29-24-35)50-52-49(39-17-5-2-6-18-39)53-51(54-50)41-30-27-38-26-25-36-15-7-9-19-42(36)44-21-11-12-22-47(44)55-48-43-20-10-8-16-37(43)31-32-45(48)46(38)33-41/h1-33H/b26-25-. The number of hydrogen-bond donors (Lipinski definition) is 0. The third-order valence-corrected chi connectivity index (χ3v) is 10.2. The highest BCUT2D eigenvalue weighted by molar-refractivity contribution is 5.99. The Labute approximate surface area is 319 Å². The molecule has 258 valence electrons. The molecule has 0 atom stereocenters. The van der Waals surface area contributed by atoms with E-state index in [4.69, 9.17) is 19.7 Å². The molecule has 0 saturated heterocycles. The lowest BCUT2D eigenvalue weighted by atomic mass is 9.93. The van der Waals surface area contributed by atoms with E-state index < -0.39 is 0 Å². The number of benzene rings is 8. The van der Waals surface area contributed by atoms with Crippen molar-refractivity contribution in [1.29, 1.82) is 0 Å². The lowest BCUT2D eigenvalue weighted by Gasteiger charge is -2.18. The molecule has 0 N–H and O–H groups in total. The maximum Gasteiger partial charge on any atom is 0.164 e. The fourth-order valence-electron chi connectivity index (χ4n) is 7.39. The zero-order valence-electron chi connectivity index (χ0n) is 29.8. The van der Waals surface area contributed by atoms with Gasteiger partial charge in [-0.05, 0) is 57.0 Å². The predicted octanol–water partition coefficient (Wildman–Crippen LogP) is 13.3. The molecule has 9 aromatic rings. The van der Waals surface area contributed by atoms with Crippen molar-refractivity contribution < 1.29 is 4.74 Å². The molecule has 1 aliphatic heterocycles. The molecular weight excluding hydrogens is 671 g/mol. The largest absolute Gasteiger partial charge is 0.455 e. The van der Waals surface area contributed by atoms with Gasteiger partial charge in [0.05, 0.1) is 0 Å². The van der Waals surface area contributed by atoms with Gasteiger partial charge in [0.25, 0.3) is 0 Å². The Morgan fingerprint density at radius 1 is 0.327 bits per heavy atom. The normalized spacial score (nSPS) is 12.3. The minimum atomic E-state index is 0.594. The number of para-hydroxylation sites is 1. The van der Waals surface area contributed by atoms with Crippen molar-refractivity contribution in [3.05, 3.63) is 199 Å². The SMILES string of the molecule is C1=C\c2ccc(-c3nc(-c4ccccc4)nc(-c4ccc(-c5ccccc5)cc4)n3)cc2-c2ccc3ccccc3c2Oc2ccccc2-c2ccccc2/1. The minimum Gasteiger partial charge on any atom is -0.455 e. The smallest absolute Gasteiger partial charge is 0.164 e. The van der Waals surface area contributed by atoms with Crippen LogP contribution in [0, 0.1) is 0 Å². The van der Waals surface area contributed by atoms with Crippen LogP contribution >= 0.6 is 0 Å². The van der Waals surface area contributed by atoms with E-state index >= 15 is 0 Å². The van der Waals surface area contributed by atoms with E-state index in [0.717, 1.165) is 83.5 Å². The molecule has 10 rings (SSSR count). The van der Waals surface area contributed by atoms with Crippen LogP contribution in [0.2, 0.25) is 0 Å². The molecule has 8 aromatic carbocycles. The van der Waals surface area contributed by atoms with Crippen molar-refractivity contribution in [2.45, 2.75) is 0 Å². The van der Waals surface area contributed by atoms with Crippen molar-refractivity contribution in [2.24, 2.45) is 0 Å². The summed E-state index contributed by atoms with van der Waals surface area (Å²) in [7, 11) is 0. The van der Waals surface area contributed by atoms with Crippen molar-refractivity contribution >= 4 is 22.9 Å². The van der Waals surface area contributed by atoms with Crippen LogP contribution in [-0.2, 0) is 0 Å². The molecule has 2 heterocycles. The number of fused-ring (bicyclic) bond motifs is 8. The van der Waals surface area contributed by atoms with E-state index in [1.807, 2.05) is 42.5 Å². The van der Waals surface area contributed by atoms with E-state index in [9.17, 15) is 0 Å². The van der Waals surface area contributed by atoms with Crippen LogP contribution in [0.15, 0.2) is 188 Å². The van der Waals surface area contributed by atoms with Crippen LogP contribution in [0.25, 0.3) is 90.5 Å². The molecule has 0 radical (unpaired) electrons. The molecule has 0 aliphatic carbocycles. The fourth-order valence-corrected chi connectivity index (χ4v) is 7.39. The molecule has 0 unspecified atom stereocenters. The van der Waals surface area contributed by atoms with Gasteiger partial charge < -0.3 is 4.74 Å². The topological polar surface area (TPSA) is 47.9 Å². The summed E-state index contributed by atoms with van der Waals surface area (Å²) in [6.07, 6.45) is 4.40. The maximum atomic E-state index is 7.07. The lowest BCUT2D eigenvalue weighted by Crippen LogP contribution is -2.01. The summed E-state index contributed by atoms with van der Waals surface area (Å²) in [6.45, 7) is 0. The monoisotopic (exact) mass is 703 g/mol. The Bertz CT molecular complexity index is 2880. The molecule has 0 fully saturated rings.